The Morgan fingerprint density at radius 2 is 0.955 bits per heavy atom. The van der Waals surface area contributed by atoms with Gasteiger partial charge in [0.25, 0.3) is 0 Å². The number of rotatable bonds is 18. The predicted octanol–water partition coefficient (Wildman–Crippen LogP) is 7.03. The molecule has 0 unspecified atom stereocenters. The first-order valence-electron chi connectivity index (χ1n) is 10.1. The highest BCUT2D eigenvalue weighted by Gasteiger charge is 2.00. The minimum atomic E-state index is 0.770. The van der Waals surface area contributed by atoms with E-state index in [1.54, 1.807) is 0 Å². The van der Waals surface area contributed by atoms with Gasteiger partial charge in [-0.2, -0.15) is 0 Å². The standard InChI is InChI=1S/C20H42ClN/c1-3-5-6-7-8-9-10-11-12-13-14-15-16-17-19-22(4-2)20-18-21/h3-20H2,1-2H3. The Hall–Kier alpha value is 0.250. The van der Waals surface area contributed by atoms with Crippen LogP contribution in [0, 0.1) is 0 Å². The SMILES string of the molecule is CCCCCCCCCCCCCCCCN(CC)CCCl. The largest absolute Gasteiger partial charge is 0.302 e. The molecule has 0 aliphatic rings. The lowest BCUT2D eigenvalue weighted by Gasteiger charge is -2.18. The normalized spacial score (nSPS) is 11.5. The highest BCUT2D eigenvalue weighted by molar-refractivity contribution is 6.18. The lowest BCUT2D eigenvalue weighted by molar-refractivity contribution is 0.297. The predicted molar refractivity (Wildman–Crippen MR) is 103 cm³/mol. The van der Waals surface area contributed by atoms with E-state index in [0.717, 1.165) is 19.0 Å². The number of unbranched alkanes of at least 4 members (excludes halogenated alkanes) is 13. The van der Waals surface area contributed by atoms with E-state index in [1.165, 1.54) is 96.4 Å². The summed E-state index contributed by atoms with van der Waals surface area (Å²) in [6, 6.07) is 0. The van der Waals surface area contributed by atoms with Gasteiger partial charge in [-0.15, -0.1) is 11.6 Å². The maximum absolute atomic E-state index is 5.80. The van der Waals surface area contributed by atoms with Gasteiger partial charge in [-0.3, -0.25) is 0 Å². The second-order valence-corrected chi connectivity index (χ2v) is 7.10. The quantitative estimate of drug-likeness (QED) is 0.192. The van der Waals surface area contributed by atoms with Crippen molar-refractivity contribution in [3.8, 4) is 0 Å². The molecule has 0 heterocycles. The molecule has 0 saturated heterocycles. The summed E-state index contributed by atoms with van der Waals surface area (Å²) < 4.78 is 0. The zero-order valence-electron chi connectivity index (χ0n) is 15.6. The van der Waals surface area contributed by atoms with Crippen LogP contribution in [0.5, 0.6) is 0 Å². The Bertz CT molecular complexity index is 196. The Labute approximate surface area is 146 Å². The molecule has 134 valence electrons. The minimum Gasteiger partial charge on any atom is -0.302 e. The van der Waals surface area contributed by atoms with Crippen LogP contribution in [0.15, 0.2) is 0 Å². The van der Waals surface area contributed by atoms with Gasteiger partial charge >= 0.3 is 0 Å². The molecule has 0 aromatic heterocycles. The van der Waals surface area contributed by atoms with Gasteiger partial charge in [0.1, 0.15) is 0 Å². The summed E-state index contributed by atoms with van der Waals surface area (Å²) >= 11 is 5.80. The van der Waals surface area contributed by atoms with Gasteiger partial charge in [-0.1, -0.05) is 97.3 Å². The minimum absolute atomic E-state index is 0.770. The van der Waals surface area contributed by atoms with Crippen molar-refractivity contribution in [2.45, 2.75) is 104 Å². The van der Waals surface area contributed by atoms with Crippen LogP contribution < -0.4 is 0 Å². The average Bonchev–Trinajstić information content (AvgIpc) is 2.54. The number of alkyl halides is 1. The highest BCUT2D eigenvalue weighted by Crippen LogP contribution is 2.13. The number of hydrogen-bond donors (Lipinski definition) is 0. The van der Waals surface area contributed by atoms with Crippen LogP contribution in [-0.2, 0) is 0 Å². The van der Waals surface area contributed by atoms with Crippen molar-refractivity contribution >= 4 is 11.6 Å². The van der Waals surface area contributed by atoms with Gasteiger partial charge in [0.2, 0.25) is 0 Å². The van der Waals surface area contributed by atoms with E-state index in [4.69, 9.17) is 11.6 Å². The first-order chi connectivity index (χ1) is 10.8. The van der Waals surface area contributed by atoms with Crippen molar-refractivity contribution in [1.82, 2.24) is 4.90 Å². The van der Waals surface area contributed by atoms with E-state index >= 15 is 0 Å². The third-order valence-electron chi connectivity index (χ3n) is 4.68. The second kappa shape index (κ2) is 19.3. The van der Waals surface area contributed by atoms with Crippen LogP contribution in [0.1, 0.15) is 104 Å². The molecule has 0 spiro atoms. The van der Waals surface area contributed by atoms with Crippen LogP contribution in [0.2, 0.25) is 0 Å². The molecule has 0 radical (unpaired) electrons. The molecular formula is C20H42ClN. The zero-order valence-corrected chi connectivity index (χ0v) is 16.3. The first-order valence-corrected chi connectivity index (χ1v) is 10.7. The molecule has 0 aromatic rings. The fourth-order valence-corrected chi connectivity index (χ4v) is 3.32. The van der Waals surface area contributed by atoms with Crippen molar-refractivity contribution in [1.29, 1.82) is 0 Å². The highest BCUT2D eigenvalue weighted by atomic mass is 35.5. The first kappa shape index (κ1) is 22.2. The Morgan fingerprint density at radius 3 is 1.32 bits per heavy atom. The van der Waals surface area contributed by atoms with Crippen LogP contribution >= 0.6 is 11.6 Å². The molecule has 0 N–H and O–H groups in total. The molecule has 0 atom stereocenters. The summed E-state index contributed by atoms with van der Waals surface area (Å²) in [5.41, 5.74) is 0. The van der Waals surface area contributed by atoms with Crippen LogP contribution in [0.25, 0.3) is 0 Å². The second-order valence-electron chi connectivity index (χ2n) is 6.72. The maximum Gasteiger partial charge on any atom is 0.0351 e. The lowest BCUT2D eigenvalue weighted by atomic mass is 10.0. The Morgan fingerprint density at radius 1 is 0.545 bits per heavy atom. The van der Waals surface area contributed by atoms with Gasteiger partial charge in [-0.25, -0.2) is 0 Å². The molecule has 1 nitrogen and oxygen atoms in total. The summed E-state index contributed by atoms with van der Waals surface area (Å²) in [6.45, 7) is 7.96. The third-order valence-corrected chi connectivity index (χ3v) is 4.84. The van der Waals surface area contributed by atoms with Gasteiger partial charge in [-0.05, 0) is 19.5 Å². The third kappa shape index (κ3) is 16.6. The molecule has 0 rings (SSSR count). The summed E-state index contributed by atoms with van der Waals surface area (Å²) in [7, 11) is 0. The molecule has 22 heavy (non-hydrogen) atoms. The summed E-state index contributed by atoms with van der Waals surface area (Å²) in [6.07, 6.45) is 20.1. The number of nitrogens with zero attached hydrogens (tertiary/aromatic N) is 1. The van der Waals surface area contributed by atoms with Gasteiger partial charge in [0.05, 0.1) is 0 Å². The maximum atomic E-state index is 5.80. The smallest absolute Gasteiger partial charge is 0.0351 e. The molecule has 0 fully saturated rings. The van der Waals surface area contributed by atoms with Crippen molar-refractivity contribution < 1.29 is 0 Å². The Kier molecular flexibility index (Phi) is 19.5. The van der Waals surface area contributed by atoms with Crippen molar-refractivity contribution in [3.63, 3.8) is 0 Å². The van der Waals surface area contributed by atoms with E-state index in [2.05, 4.69) is 18.7 Å². The van der Waals surface area contributed by atoms with Crippen molar-refractivity contribution in [2.75, 3.05) is 25.5 Å². The van der Waals surface area contributed by atoms with E-state index in [1.807, 2.05) is 0 Å². The van der Waals surface area contributed by atoms with Crippen LogP contribution in [0.4, 0.5) is 0 Å². The fraction of sp³-hybridized carbons (Fsp3) is 1.00. The van der Waals surface area contributed by atoms with E-state index < -0.39 is 0 Å². The molecular weight excluding hydrogens is 290 g/mol. The zero-order chi connectivity index (χ0) is 16.3. The van der Waals surface area contributed by atoms with Crippen molar-refractivity contribution in [2.24, 2.45) is 0 Å². The monoisotopic (exact) mass is 331 g/mol. The molecule has 0 saturated carbocycles. The Balaban J connectivity index is 3.08. The van der Waals surface area contributed by atoms with E-state index in [-0.39, 0.29) is 0 Å². The lowest BCUT2D eigenvalue weighted by Crippen LogP contribution is -2.26. The van der Waals surface area contributed by atoms with E-state index in [0.29, 0.717) is 0 Å². The van der Waals surface area contributed by atoms with Gasteiger partial charge in [0, 0.05) is 12.4 Å². The number of halogens is 1. The van der Waals surface area contributed by atoms with Gasteiger partial charge < -0.3 is 4.90 Å². The molecule has 0 amide bonds. The van der Waals surface area contributed by atoms with Crippen molar-refractivity contribution in [3.05, 3.63) is 0 Å². The summed E-state index contributed by atoms with van der Waals surface area (Å²) in [4.78, 5) is 2.47. The summed E-state index contributed by atoms with van der Waals surface area (Å²) in [5.74, 6) is 0.770. The van der Waals surface area contributed by atoms with Crippen LogP contribution in [0.3, 0.4) is 0 Å². The molecule has 0 aromatic carbocycles. The number of hydrogen-bond acceptors (Lipinski definition) is 1. The fourth-order valence-electron chi connectivity index (χ4n) is 3.08. The molecule has 0 aliphatic heterocycles. The van der Waals surface area contributed by atoms with Gasteiger partial charge in [0.15, 0.2) is 0 Å². The molecule has 0 aliphatic carbocycles. The van der Waals surface area contributed by atoms with Crippen LogP contribution in [-0.4, -0.2) is 30.4 Å². The summed E-state index contributed by atoms with van der Waals surface area (Å²) in [5, 5.41) is 0. The average molecular weight is 332 g/mol. The molecule has 0 bridgehead atoms. The van der Waals surface area contributed by atoms with E-state index in [9.17, 15) is 0 Å². The molecule has 2 heteroatoms. The topological polar surface area (TPSA) is 3.24 Å².